The lowest BCUT2D eigenvalue weighted by atomic mass is 9.74. The fourth-order valence-corrected chi connectivity index (χ4v) is 2.12. The molecule has 1 amide bonds. The van der Waals surface area contributed by atoms with E-state index in [1.807, 2.05) is 0 Å². The lowest BCUT2D eigenvalue weighted by Gasteiger charge is -2.32. The van der Waals surface area contributed by atoms with Crippen LogP contribution in [0.2, 0.25) is 0 Å². The molecular formula is C12H19NO4. The Bertz CT molecular complexity index is 295. The Hall–Kier alpha value is -1.52. The number of carbonyl (C=O) groups excluding carboxylic acids is 1. The van der Waals surface area contributed by atoms with Gasteiger partial charge in [-0.2, -0.15) is 0 Å². The van der Waals surface area contributed by atoms with Gasteiger partial charge in [-0.1, -0.05) is 31.9 Å². The van der Waals surface area contributed by atoms with Gasteiger partial charge < -0.3 is 15.2 Å². The number of carbonyl (C=O) groups is 2. The van der Waals surface area contributed by atoms with E-state index < -0.39 is 17.5 Å². The maximum absolute atomic E-state index is 11.3. The molecule has 0 radical (unpaired) electrons. The van der Waals surface area contributed by atoms with Crippen molar-refractivity contribution in [3.8, 4) is 0 Å². The fourth-order valence-electron chi connectivity index (χ4n) is 2.12. The normalized spacial score (nSPS) is 18.1. The predicted octanol–water partition coefficient (Wildman–Crippen LogP) is 1.93. The Labute approximate surface area is 101 Å². The van der Waals surface area contributed by atoms with E-state index in [0.29, 0.717) is 12.8 Å². The second kappa shape index (κ2) is 6.27. The molecule has 2 N–H and O–H groups in total. The van der Waals surface area contributed by atoms with Crippen LogP contribution >= 0.6 is 0 Å². The molecule has 0 aliphatic heterocycles. The summed E-state index contributed by atoms with van der Waals surface area (Å²) in [6, 6.07) is 0. The van der Waals surface area contributed by atoms with Crippen LogP contribution in [0.25, 0.3) is 0 Å². The smallest absolute Gasteiger partial charge is 0.407 e. The molecule has 0 unspecified atom stereocenters. The Balaban J connectivity index is 2.47. The Morgan fingerprint density at radius 3 is 2.53 bits per heavy atom. The highest BCUT2D eigenvalue weighted by Crippen LogP contribution is 2.35. The largest absolute Gasteiger partial charge is 0.481 e. The van der Waals surface area contributed by atoms with E-state index in [2.05, 4.69) is 11.9 Å². The van der Waals surface area contributed by atoms with Crippen molar-refractivity contribution < 1.29 is 19.4 Å². The maximum atomic E-state index is 11.3. The summed E-state index contributed by atoms with van der Waals surface area (Å²) in [5.74, 6) is -0.832. The standard InChI is InChI=1S/C12H19NO4/c1-2-8-17-11(16)13-9-12(10(14)15)6-4-3-5-7-12/h2H,1,3-9H2,(H,13,16)(H,14,15). The van der Waals surface area contributed by atoms with Gasteiger partial charge in [-0.25, -0.2) is 4.79 Å². The van der Waals surface area contributed by atoms with Gasteiger partial charge >= 0.3 is 12.1 Å². The minimum absolute atomic E-state index is 0.131. The molecule has 0 aromatic carbocycles. The maximum Gasteiger partial charge on any atom is 0.407 e. The van der Waals surface area contributed by atoms with Crippen LogP contribution in [0.4, 0.5) is 4.79 Å². The molecule has 0 atom stereocenters. The van der Waals surface area contributed by atoms with E-state index in [9.17, 15) is 14.7 Å². The number of nitrogens with one attached hydrogen (secondary N) is 1. The van der Waals surface area contributed by atoms with Gasteiger partial charge in [0.1, 0.15) is 6.61 Å². The van der Waals surface area contributed by atoms with E-state index in [-0.39, 0.29) is 13.2 Å². The second-order valence-electron chi connectivity index (χ2n) is 4.39. The molecule has 0 aromatic heterocycles. The van der Waals surface area contributed by atoms with Gasteiger partial charge in [0.05, 0.1) is 5.41 Å². The molecule has 1 saturated carbocycles. The highest BCUT2D eigenvalue weighted by Gasteiger charge is 2.39. The number of hydrogen-bond donors (Lipinski definition) is 2. The lowest BCUT2D eigenvalue weighted by molar-refractivity contribution is -0.150. The van der Waals surface area contributed by atoms with Crippen molar-refractivity contribution in [3.05, 3.63) is 12.7 Å². The van der Waals surface area contributed by atoms with Crippen LogP contribution in [-0.2, 0) is 9.53 Å². The van der Waals surface area contributed by atoms with Gasteiger partial charge in [-0.3, -0.25) is 4.79 Å². The summed E-state index contributed by atoms with van der Waals surface area (Å²) >= 11 is 0. The van der Waals surface area contributed by atoms with E-state index in [1.165, 1.54) is 6.08 Å². The summed E-state index contributed by atoms with van der Waals surface area (Å²) < 4.78 is 4.75. The summed E-state index contributed by atoms with van der Waals surface area (Å²) in [4.78, 5) is 22.5. The first-order valence-corrected chi connectivity index (χ1v) is 5.86. The second-order valence-corrected chi connectivity index (χ2v) is 4.39. The molecule has 0 saturated heterocycles. The number of rotatable bonds is 5. The van der Waals surface area contributed by atoms with Crippen molar-refractivity contribution in [1.82, 2.24) is 5.32 Å². The van der Waals surface area contributed by atoms with Crippen molar-refractivity contribution in [2.45, 2.75) is 32.1 Å². The average molecular weight is 241 g/mol. The molecule has 0 heterocycles. The highest BCUT2D eigenvalue weighted by atomic mass is 16.5. The summed E-state index contributed by atoms with van der Waals surface area (Å²) in [6.45, 7) is 3.69. The minimum Gasteiger partial charge on any atom is -0.481 e. The Morgan fingerprint density at radius 1 is 1.35 bits per heavy atom. The Morgan fingerprint density at radius 2 is 2.00 bits per heavy atom. The third-order valence-corrected chi connectivity index (χ3v) is 3.17. The Kier molecular flexibility index (Phi) is 5.00. The predicted molar refractivity (Wildman–Crippen MR) is 62.7 cm³/mol. The van der Waals surface area contributed by atoms with Crippen LogP contribution in [0, 0.1) is 5.41 Å². The van der Waals surface area contributed by atoms with Crippen LogP contribution in [0.3, 0.4) is 0 Å². The van der Waals surface area contributed by atoms with Gasteiger partial charge in [0.2, 0.25) is 0 Å². The van der Waals surface area contributed by atoms with Crippen molar-refractivity contribution in [3.63, 3.8) is 0 Å². The topological polar surface area (TPSA) is 75.6 Å². The van der Waals surface area contributed by atoms with Gasteiger partial charge in [0, 0.05) is 6.54 Å². The van der Waals surface area contributed by atoms with Crippen molar-refractivity contribution in [2.75, 3.05) is 13.2 Å². The molecule has 1 aliphatic rings. The summed E-state index contributed by atoms with van der Waals surface area (Å²) in [5, 5.41) is 11.8. The third kappa shape index (κ3) is 3.76. The number of hydrogen-bond acceptors (Lipinski definition) is 3. The zero-order chi connectivity index (χ0) is 12.7. The summed E-state index contributed by atoms with van der Waals surface area (Å²) in [6.07, 6.45) is 4.97. The molecule has 17 heavy (non-hydrogen) atoms. The molecule has 0 aromatic rings. The minimum atomic E-state index is -0.832. The molecule has 0 spiro atoms. The molecule has 96 valence electrons. The van der Waals surface area contributed by atoms with Gasteiger partial charge in [-0.05, 0) is 12.8 Å². The van der Waals surface area contributed by atoms with Crippen LogP contribution in [0.5, 0.6) is 0 Å². The van der Waals surface area contributed by atoms with Crippen LogP contribution in [0.1, 0.15) is 32.1 Å². The van der Waals surface area contributed by atoms with Gasteiger partial charge in [0.15, 0.2) is 0 Å². The van der Waals surface area contributed by atoms with E-state index >= 15 is 0 Å². The first kappa shape index (κ1) is 13.5. The summed E-state index contributed by atoms with van der Waals surface area (Å²) in [7, 11) is 0. The number of alkyl carbamates (subject to hydrolysis) is 1. The third-order valence-electron chi connectivity index (χ3n) is 3.17. The number of ether oxygens (including phenoxy) is 1. The number of aliphatic carboxylic acids is 1. The number of amides is 1. The van der Waals surface area contributed by atoms with E-state index in [0.717, 1.165) is 19.3 Å². The first-order valence-electron chi connectivity index (χ1n) is 5.86. The SMILES string of the molecule is C=CCOC(=O)NCC1(C(=O)O)CCCCC1. The van der Waals surface area contributed by atoms with Crippen LogP contribution in [-0.4, -0.2) is 30.3 Å². The van der Waals surface area contributed by atoms with Gasteiger partial charge in [0.25, 0.3) is 0 Å². The molecule has 1 aliphatic carbocycles. The molecule has 5 nitrogen and oxygen atoms in total. The van der Waals surface area contributed by atoms with Gasteiger partial charge in [-0.15, -0.1) is 0 Å². The fraction of sp³-hybridized carbons (Fsp3) is 0.667. The molecule has 0 bridgehead atoms. The van der Waals surface area contributed by atoms with E-state index in [1.54, 1.807) is 0 Å². The van der Waals surface area contributed by atoms with Crippen LogP contribution in [0.15, 0.2) is 12.7 Å². The first-order chi connectivity index (χ1) is 8.10. The molecule has 1 rings (SSSR count). The van der Waals surface area contributed by atoms with Crippen molar-refractivity contribution >= 4 is 12.1 Å². The highest BCUT2D eigenvalue weighted by molar-refractivity contribution is 5.76. The van der Waals surface area contributed by atoms with Crippen molar-refractivity contribution in [1.29, 1.82) is 0 Å². The monoisotopic (exact) mass is 241 g/mol. The molecule has 1 fully saturated rings. The summed E-state index contributed by atoms with van der Waals surface area (Å²) in [5.41, 5.74) is -0.814. The number of carboxylic acid groups (broad SMARTS) is 1. The van der Waals surface area contributed by atoms with E-state index in [4.69, 9.17) is 4.74 Å². The quantitative estimate of drug-likeness (QED) is 0.721. The number of carboxylic acids is 1. The van der Waals surface area contributed by atoms with Crippen LogP contribution < -0.4 is 5.32 Å². The molecular weight excluding hydrogens is 222 g/mol. The molecule has 5 heteroatoms. The zero-order valence-corrected chi connectivity index (χ0v) is 9.91. The average Bonchev–Trinajstić information content (AvgIpc) is 2.34. The van der Waals surface area contributed by atoms with Crippen molar-refractivity contribution in [2.24, 2.45) is 5.41 Å². The zero-order valence-electron chi connectivity index (χ0n) is 9.91. The lowest BCUT2D eigenvalue weighted by Crippen LogP contribution is -2.44.